The van der Waals surface area contributed by atoms with Crippen LogP contribution in [-0.2, 0) is 12.1 Å². The van der Waals surface area contributed by atoms with E-state index < -0.39 is 11.7 Å². The number of hydrogen-bond acceptors (Lipinski definition) is 6. The van der Waals surface area contributed by atoms with Gasteiger partial charge in [0.2, 0.25) is 5.82 Å². The summed E-state index contributed by atoms with van der Waals surface area (Å²) in [6.07, 6.45) is -1.95. The van der Waals surface area contributed by atoms with E-state index in [9.17, 15) is 13.2 Å². The van der Waals surface area contributed by atoms with E-state index >= 15 is 0 Å². The highest BCUT2D eigenvalue weighted by Crippen LogP contribution is 2.43. The Bertz CT molecular complexity index is 699. The van der Waals surface area contributed by atoms with Crippen LogP contribution < -0.4 is 5.32 Å². The first-order valence-corrected chi connectivity index (χ1v) is 7.53. The lowest BCUT2D eigenvalue weighted by Gasteiger charge is -2.28. The third-order valence-electron chi connectivity index (χ3n) is 4.34. The summed E-state index contributed by atoms with van der Waals surface area (Å²) in [6, 6.07) is 1.80. The van der Waals surface area contributed by atoms with Gasteiger partial charge in [0.1, 0.15) is 6.54 Å². The zero-order chi connectivity index (χ0) is 16.1. The molecule has 124 valence electrons. The monoisotopic (exact) mass is 328 g/mol. The van der Waals surface area contributed by atoms with Gasteiger partial charge < -0.3 is 4.52 Å². The SMILES string of the molecule is FC(F)(F)C1(c2nnn(Cc3cc(C4CC4)no3)n2)CCCN1. The highest BCUT2D eigenvalue weighted by molar-refractivity contribution is 5.15. The molecule has 3 heterocycles. The lowest BCUT2D eigenvalue weighted by molar-refractivity contribution is -0.198. The second-order valence-electron chi connectivity index (χ2n) is 6.07. The quantitative estimate of drug-likeness (QED) is 0.920. The van der Waals surface area contributed by atoms with E-state index in [4.69, 9.17) is 4.52 Å². The fourth-order valence-corrected chi connectivity index (χ4v) is 2.90. The molecule has 1 N–H and O–H groups in total. The van der Waals surface area contributed by atoms with Gasteiger partial charge in [-0.2, -0.15) is 18.0 Å². The predicted octanol–water partition coefficient (Wildman–Crippen LogP) is 1.73. The van der Waals surface area contributed by atoms with Gasteiger partial charge in [0, 0.05) is 12.0 Å². The highest BCUT2D eigenvalue weighted by Gasteiger charge is 2.60. The average molecular weight is 328 g/mol. The minimum atomic E-state index is -4.47. The van der Waals surface area contributed by atoms with Gasteiger partial charge in [0.15, 0.2) is 11.3 Å². The summed E-state index contributed by atoms with van der Waals surface area (Å²) in [6.45, 7) is 0.390. The number of tetrazole rings is 1. The molecule has 1 saturated heterocycles. The van der Waals surface area contributed by atoms with Crippen LogP contribution in [0.2, 0.25) is 0 Å². The molecule has 2 aromatic heterocycles. The minimum absolute atomic E-state index is 0.0870. The van der Waals surface area contributed by atoms with E-state index in [0.29, 0.717) is 18.1 Å². The molecule has 0 radical (unpaired) electrons. The first-order valence-electron chi connectivity index (χ1n) is 7.53. The van der Waals surface area contributed by atoms with Crippen LogP contribution in [-0.4, -0.2) is 38.1 Å². The molecule has 1 atom stereocenters. The Labute approximate surface area is 129 Å². The smallest absolute Gasteiger partial charge is 0.359 e. The molecule has 1 aliphatic carbocycles. The maximum atomic E-state index is 13.4. The maximum absolute atomic E-state index is 13.4. The average Bonchev–Trinajstić information content (AvgIpc) is 2.96. The zero-order valence-corrected chi connectivity index (χ0v) is 12.2. The summed E-state index contributed by atoms with van der Waals surface area (Å²) in [5.74, 6) is 0.615. The highest BCUT2D eigenvalue weighted by atomic mass is 19.4. The Balaban J connectivity index is 1.55. The summed E-state index contributed by atoms with van der Waals surface area (Å²) in [5.41, 5.74) is -1.32. The van der Waals surface area contributed by atoms with Crippen molar-refractivity contribution in [3.63, 3.8) is 0 Å². The fourth-order valence-electron chi connectivity index (χ4n) is 2.90. The summed E-state index contributed by atoms with van der Waals surface area (Å²) < 4.78 is 45.5. The molecule has 2 aromatic rings. The van der Waals surface area contributed by atoms with Crippen LogP contribution in [0.5, 0.6) is 0 Å². The van der Waals surface area contributed by atoms with E-state index in [0.717, 1.165) is 23.3 Å². The zero-order valence-electron chi connectivity index (χ0n) is 12.2. The standard InChI is InChI=1S/C13H15F3N6O/c14-13(15,16)12(4-1-5-17-12)11-18-21-22(19-11)7-9-6-10(20-23-9)8-2-3-8/h6,8,17H,1-5,7H2. The van der Waals surface area contributed by atoms with E-state index in [1.54, 1.807) is 6.07 Å². The molecule has 2 fully saturated rings. The Morgan fingerprint density at radius 1 is 1.39 bits per heavy atom. The third-order valence-corrected chi connectivity index (χ3v) is 4.34. The number of alkyl halides is 3. The Morgan fingerprint density at radius 2 is 2.22 bits per heavy atom. The van der Waals surface area contributed by atoms with Crippen LogP contribution in [0, 0.1) is 0 Å². The number of aromatic nitrogens is 5. The predicted molar refractivity (Wildman–Crippen MR) is 70.4 cm³/mol. The molecule has 23 heavy (non-hydrogen) atoms. The van der Waals surface area contributed by atoms with Crippen LogP contribution in [0.25, 0.3) is 0 Å². The molecule has 0 bridgehead atoms. The van der Waals surface area contributed by atoms with Crippen molar-refractivity contribution in [2.45, 2.75) is 49.9 Å². The Kier molecular flexibility index (Phi) is 3.19. The fraction of sp³-hybridized carbons (Fsp3) is 0.692. The maximum Gasteiger partial charge on any atom is 0.414 e. The van der Waals surface area contributed by atoms with Crippen molar-refractivity contribution in [2.24, 2.45) is 0 Å². The van der Waals surface area contributed by atoms with Crippen LogP contribution >= 0.6 is 0 Å². The topological polar surface area (TPSA) is 81.7 Å². The van der Waals surface area contributed by atoms with Gasteiger partial charge in [-0.05, 0) is 37.4 Å². The molecule has 0 spiro atoms. The number of nitrogens with zero attached hydrogens (tertiary/aromatic N) is 5. The summed E-state index contributed by atoms with van der Waals surface area (Å²) >= 11 is 0. The van der Waals surface area contributed by atoms with Gasteiger partial charge in [-0.1, -0.05) is 5.16 Å². The van der Waals surface area contributed by atoms with Crippen molar-refractivity contribution in [2.75, 3.05) is 6.54 Å². The lowest BCUT2D eigenvalue weighted by atomic mass is 9.96. The number of halogens is 3. The first kappa shape index (κ1) is 14.6. The van der Waals surface area contributed by atoms with E-state index in [-0.39, 0.29) is 25.3 Å². The molecule has 4 rings (SSSR count). The van der Waals surface area contributed by atoms with Crippen molar-refractivity contribution in [3.8, 4) is 0 Å². The van der Waals surface area contributed by atoms with Crippen molar-refractivity contribution < 1.29 is 17.7 Å². The van der Waals surface area contributed by atoms with Gasteiger partial charge >= 0.3 is 6.18 Å². The molecule has 0 aromatic carbocycles. The lowest BCUT2D eigenvalue weighted by Crippen LogP contribution is -2.50. The molecule has 1 unspecified atom stereocenters. The van der Waals surface area contributed by atoms with Crippen LogP contribution in [0.1, 0.15) is 48.9 Å². The third kappa shape index (κ3) is 2.50. The number of hydrogen-bond donors (Lipinski definition) is 1. The van der Waals surface area contributed by atoms with Gasteiger partial charge in [-0.25, -0.2) is 0 Å². The second-order valence-corrected chi connectivity index (χ2v) is 6.07. The molecule has 1 saturated carbocycles. The molecular weight excluding hydrogens is 313 g/mol. The van der Waals surface area contributed by atoms with Crippen LogP contribution in [0.3, 0.4) is 0 Å². The molecule has 10 heteroatoms. The van der Waals surface area contributed by atoms with Crippen molar-refractivity contribution in [1.82, 2.24) is 30.7 Å². The Hall–Kier alpha value is -1.97. The molecule has 0 amide bonds. The van der Waals surface area contributed by atoms with E-state index in [1.165, 1.54) is 0 Å². The molecule has 2 aliphatic rings. The van der Waals surface area contributed by atoms with E-state index in [2.05, 4.69) is 25.9 Å². The van der Waals surface area contributed by atoms with Crippen LogP contribution in [0.4, 0.5) is 13.2 Å². The van der Waals surface area contributed by atoms with Crippen LogP contribution in [0.15, 0.2) is 10.6 Å². The van der Waals surface area contributed by atoms with Crippen molar-refractivity contribution >= 4 is 0 Å². The van der Waals surface area contributed by atoms with Crippen molar-refractivity contribution in [1.29, 1.82) is 0 Å². The first-order chi connectivity index (χ1) is 11.0. The number of rotatable bonds is 4. The molecule has 1 aliphatic heterocycles. The largest absolute Gasteiger partial charge is 0.414 e. The summed E-state index contributed by atoms with van der Waals surface area (Å²) in [7, 11) is 0. The van der Waals surface area contributed by atoms with E-state index in [1.807, 2.05) is 0 Å². The number of nitrogens with one attached hydrogen (secondary N) is 1. The summed E-state index contributed by atoms with van der Waals surface area (Å²) in [5, 5.41) is 17.7. The second kappa shape index (κ2) is 5.02. The molecular formula is C13H15F3N6O. The molecule has 7 nitrogen and oxygen atoms in total. The van der Waals surface area contributed by atoms with Crippen molar-refractivity contribution in [3.05, 3.63) is 23.3 Å². The summed E-state index contributed by atoms with van der Waals surface area (Å²) in [4.78, 5) is 1.11. The normalized spacial score (nSPS) is 25.2. The van der Waals surface area contributed by atoms with Gasteiger partial charge in [-0.15, -0.1) is 10.2 Å². The Morgan fingerprint density at radius 3 is 2.87 bits per heavy atom. The van der Waals surface area contributed by atoms with Gasteiger partial charge in [-0.3, -0.25) is 5.32 Å². The van der Waals surface area contributed by atoms with Gasteiger partial charge in [0.05, 0.1) is 5.69 Å². The minimum Gasteiger partial charge on any atom is -0.359 e. The van der Waals surface area contributed by atoms with Gasteiger partial charge in [0.25, 0.3) is 0 Å².